The highest BCUT2D eigenvalue weighted by atomic mass is 16.5. The zero-order valence-electron chi connectivity index (χ0n) is 13.7. The summed E-state index contributed by atoms with van der Waals surface area (Å²) in [4.78, 5) is 27.9. The first-order valence-corrected chi connectivity index (χ1v) is 7.91. The summed E-state index contributed by atoms with van der Waals surface area (Å²) in [6.45, 7) is 7.12. The first kappa shape index (κ1) is 17.3. The number of piperazine rings is 1. The number of aromatic hydroxyl groups is 1. The SMILES string of the molecule is CC(C)N1CCN(C(=O)COC(=O)Cc2ccc(O)cc2)CC1. The van der Waals surface area contributed by atoms with Gasteiger partial charge in [0, 0.05) is 32.2 Å². The minimum absolute atomic E-state index is 0.0920. The summed E-state index contributed by atoms with van der Waals surface area (Å²) in [5.74, 6) is -0.435. The summed E-state index contributed by atoms with van der Waals surface area (Å²) < 4.78 is 5.06. The standard InChI is InChI=1S/C17H24N2O4/c1-13(2)18-7-9-19(10-8-18)16(21)12-23-17(22)11-14-3-5-15(20)6-4-14/h3-6,13,20H,7-12H2,1-2H3. The van der Waals surface area contributed by atoms with Gasteiger partial charge in [-0.1, -0.05) is 12.1 Å². The molecule has 0 aliphatic carbocycles. The Morgan fingerprint density at radius 1 is 1.13 bits per heavy atom. The molecule has 1 N–H and O–H groups in total. The third-order valence-electron chi connectivity index (χ3n) is 4.04. The van der Waals surface area contributed by atoms with Gasteiger partial charge < -0.3 is 14.7 Å². The molecule has 1 aromatic carbocycles. The summed E-state index contributed by atoms with van der Waals surface area (Å²) in [5, 5.41) is 9.19. The van der Waals surface area contributed by atoms with Crippen molar-refractivity contribution in [3.8, 4) is 5.75 Å². The Morgan fingerprint density at radius 3 is 2.30 bits per heavy atom. The third kappa shape index (κ3) is 5.25. The van der Waals surface area contributed by atoms with Crippen LogP contribution in [0, 0.1) is 0 Å². The van der Waals surface area contributed by atoms with Crippen molar-refractivity contribution < 1.29 is 19.4 Å². The molecule has 0 unspecified atom stereocenters. The number of phenols is 1. The first-order valence-electron chi connectivity index (χ1n) is 7.91. The first-order chi connectivity index (χ1) is 11.0. The fraction of sp³-hybridized carbons (Fsp3) is 0.529. The van der Waals surface area contributed by atoms with Crippen LogP contribution in [-0.4, -0.2) is 65.6 Å². The quantitative estimate of drug-likeness (QED) is 0.821. The van der Waals surface area contributed by atoms with Gasteiger partial charge in [-0.25, -0.2) is 0 Å². The number of carbonyl (C=O) groups excluding carboxylic acids is 2. The monoisotopic (exact) mass is 320 g/mol. The Balaban J connectivity index is 1.72. The molecule has 0 saturated carbocycles. The number of rotatable bonds is 5. The molecule has 6 nitrogen and oxygen atoms in total. The van der Waals surface area contributed by atoms with Crippen molar-refractivity contribution in [1.29, 1.82) is 0 Å². The Bertz CT molecular complexity index is 534. The molecule has 6 heteroatoms. The molecule has 1 aromatic rings. The molecule has 1 heterocycles. The molecule has 0 atom stereocenters. The number of ether oxygens (including phenoxy) is 1. The van der Waals surface area contributed by atoms with Crippen molar-refractivity contribution >= 4 is 11.9 Å². The maximum Gasteiger partial charge on any atom is 0.310 e. The van der Waals surface area contributed by atoms with Crippen LogP contribution in [0.4, 0.5) is 0 Å². The second kappa shape index (κ2) is 7.97. The van der Waals surface area contributed by atoms with Gasteiger partial charge in [-0.3, -0.25) is 14.5 Å². The molecule has 0 radical (unpaired) electrons. The predicted octanol–water partition coefficient (Wildman–Crippen LogP) is 1.03. The van der Waals surface area contributed by atoms with E-state index in [2.05, 4.69) is 18.7 Å². The Morgan fingerprint density at radius 2 is 1.74 bits per heavy atom. The second-order valence-electron chi connectivity index (χ2n) is 6.01. The maximum atomic E-state index is 12.1. The van der Waals surface area contributed by atoms with Gasteiger partial charge in [0.1, 0.15) is 5.75 Å². The van der Waals surface area contributed by atoms with Gasteiger partial charge in [0.2, 0.25) is 0 Å². The van der Waals surface area contributed by atoms with Crippen LogP contribution in [0.3, 0.4) is 0 Å². The molecule has 2 rings (SSSR count). The highest BCUT2D eigenvalue weighted by Crippen LogP contribution is 2.11. The van der Waals surface area contributed by atoms with E-state index >= 15 is 0 Å². The number of esters is 1. The van der Waals surface area contributed by atoms with Gasteiger partial charge in [-0.05, 0) is 31.5 Å². The number of benzene rings is 1. The van der Waals surface area contributed by atoms with Crippen molar-refractivity contribution in [2.75, 3.05) is 32.8 Å². The molecule has 1 aliphatic rings. The van der Waals surface area contributed by atoms with Gasteiger partial charge in [0.15, 0.2) is 6.61 Å². The van der Waals surface area contributed by atoms with Gasteiger partial charge in [0.05, 0.1) is 6.42 Å². The average molecular weight is 320 g/mol. The van der Waals surface area contributed by atoms with Gasteiger partial charge in [-0.15, -0.1) is 0 Å². The number of carbonyl (C=O) groups is 2. The van der Waals surface area contributed by atoms with Crippen molar-refractivity contribution in [2.24, 2.45) is 0 Å². The van der Waals surface area contributed by atoms with E-state index in [0.717, 1.165) is 18.7 Å². The van der Waals surface area contributed by atoms with Crippen molar-refractivity contribution in [2.45, 2.75) is 26.3 Å². The average Bonchev–Trinajstić information content (AvgIpc) is 2.55. The molecule has 1 aliphatic heterocycles. The zero-order chi connectivity index (χ0) is 16.8. The highest BCUT2D eigenvalue weighted by molar-refractivity contribution is 5.81. The summed E-state index contributed by atoms with van der Waals surface area (Å²) in [6.07, 6.45) is 0.0920. The van der Waals surface area contributed by atoms with Crippen LogP contribution in [0.15, 0.2) is 24.3 Å². The second-order valence-corrected chi connectivity index (χ2v) is 6.01. The van der Waals surface area contributed by atoms with E-state index in [1.54, 1.807) is 17.0 Å². The van der Waals surface area contributed by atoms with E-state index in [1.807, 2.05) is 0 Å². The van der Waals surface area contributed by atoms with Gasteiger partial charge in [-0.2, -0.15) is 0 Å². The third-order valence-corrected chi connectivity index (χ3v) is 4.04. The topological polar surface area (TPSA) is 70.1 Å². The number of hydrogen-bond acceptors (Lipinski definition) is 5. The van der Waals surface area contributed by atoms with Crippen molar-refractivity contribution in [1.82, 2.24) is 9.80 Å². The fourth-order valence-corrected chi connectivity index (χ4v) is 2.55. The molecular formula is C17H24N2O4. The number of phenolic OH excluding ortho intramolecular Hbond substituents is 1. The number of nitrogens with zero attached hydrogens (tertiary/aromatic N) is 2. The molecule has 1 fully saturated rings. The van der Waals surface area contributed by atoms with Crippen LogP contribution in [-0.2, 0) is 20.7 Å². The summed E-state index contributed by atoms with van der Waals surface area (Å²) >= 11 is 0. The number of amides is 1. The van der Waals surface area contributed by atoms with Crippen molar-refractivity contribution in [3.05, 3.63) is 29.8 Å². The predicted molar refractivity (Wildman–Crippen MR) is 86.1 cm³/mol. The summed E-state index contributed by atoms with van der Waals surface area (Å²) in [6, 6.07) is 6.83. The van der Waals surface area contributed by atoms with Crippen LogP contribution in [0.2, 0.25) is 0 Å². The zero-order valence-corrected chi connectivity index (χ0v) is 13.7. The van der Waals surface area contributed by atoms with E-state index in [0.29, 0.717) is 19.1 Å². The Kier molecular flexibility index (Phi) is 5.98. The lowest BCUT2D eigenvalue weighted by Crippen LogP contribution is -2.51. The van der Waals surface area contributed by atoms with Gasteiger partial charge >= 0.3 is 5.97 Å². The van der Waals surface area contributed by atoms with E-state index in [9.17, 15) is 14.7 Å². The molecule has 0 spiro atoms. The van der Waals surface area contributed by atoms with Crippen LogP contribution in [0.5, 0.6) is 5.75 Å². The maximum absolute atomic E-state index is 12.1. The van der Waals surface area contributed by atoms with Crippen LogP contribution >= 0.6 is 0 Å². The lowest BCUT2D eigenvalue weighted by molar-refractivity contribution is -0.152. The molecular weight excluding hydrogens is 296 g/mol. The molecule has 1 amide bonds. The Hall–Kier alpha value is -2.08. The largest absolute Gasteiger partial charge is 0.508 e. The van der Waals surface area contributed by atoms with E-state index in [-0.39, 0.29) is 24.7 Å². The smallest absolute Gasteiger partial charge is 0.310 e. The van der Waals surface area contributed by atoms with Crippen molar-refractivity contribution in [3.63, 3.8) is 0 Å². The summed E-state index contributed by atoms with van der Waals surface area (Å²) in [7, 11) is 0. The van der Waals surface area contributed by atoms with Gasteiger partial charge in [0.25, 0.3) is 5.91 Å². The van der Waals surface area contributed by atoms with E-state index < -0.39 is 5.97 Å². The molecule has 126 valence electrons. The molecule has 23 heavy (non-hydrogen) atoms. The molecule has 0 aromatic heterocycles. The van der Waals surface area contributed by atoms with Crippen LogP contribution in [0.25, 0.3) is 0 Å². The normalized spacial score (nSPS) is 15.7. The van der Waals surface area contributed by atoms with Crippen LogP contribution in [0.1, 0.15) is 19.4 Å². The lowest BCUT2D eigenvalue weighted by Gasteiger charge is -2.36. The molecule has 1 saturated heterocycles. The molecule has 0 bridgehead atoms. The van der Waals surface area contributed by atoms with E-state index in [1.165, 1.54) is 12.1 Å². The minimum Gasteiger partial charge on any atom is -0.508 e. The Labute approximate surface area is 136 Å². The van der Waals surface area contributed by atoms with E-state index in [4.69, 9.17) is 4.74 Å². The highest BCUT2D eigenvalue weighted by Gasteiger charge is 2.23. The minimum atomic E-state index is -0.440. The van der Waals surface area contributed by atoms with Crippen LogP contribution < -0.4 is 0 Å². The summed E-state index contributed by atoms with van der Waals surface area (Å²) in [5.41, 5.74) is 0.741. The lowest BCUT2D eigenvalue weighted by atomic mass is 10.1. The number of hydrogen-bond donors (Lipinski definition) is 1. The fourth-order valence-electron chi connectivity index (χ4n) is 2.55.